The van der Waals surface area contributed by atoms with Gasteiger partial charge in [-0.25, -0.2) is 0 Å². The Morgan fingerprint density at radius 1 is 1.09 bits per heavy atom. The van der Waals surface area contributed by atoms with E-state index in [1.54, 1.807) is 18.2 Å². The summed E-state index contributed by atoms with van der Waals surface area (Å²) < 4.78 is 0. The monoisotopic (exact) mass is 338 g/mol. The maximum Gasteiger partial charge on any atom is 0.247 e. The van der Waals surface area contributed by atoms with Crippen LogP contribution < -0.4 is 10.6 Å². The van der Waals surface area contributed by atoms with Gasteiger partial charge in [-0.1, -0.05) is 35.3 Å². The third-order valence-corrected chi connectivity index (χ3v) is 4.51. The van der Waals surface area contributed by atoms with Crippen LogP contribution in [-0.4, -0.2) is 53.3 Å². The number of rotatable bonds is 2. The standard InChI is InChI=1S/C14H16Cl2N6/c1-21-5-7-22(8-6-21)14-18-13(17)12(19-20-14)9-3-2-4-10(15)11(9)16/h2-4H,5-8H2,1H3,(H2,17,18,20). The summed E-state index contributed by atoms with van der Waals surface area (Å²) in [4.78, 5) is 8.71. The molecule has 22 heavy (non-hydrogen) atoms. The van der Waals surface area contributed by atoms with Crippen LogP contribution in [-0.2, 0) is 0 Å². The number of halogens is 2. The van der Waals surface area contributed by atoms with Crippen molar-refractivity contribution in [1.29, 1.82) is 0 Å². The SMILES string of the molecule is CN1CCN(c2nnc(-c3cccc(Cl)c3Cl)c(N)n2)CC1. The summed E-state index contributed by atoms with van der Waals surface area (Å²) in [6.45, 7) is 3.64. The van der Waals surface area contributed by atoms with Gasteiger partial charge in [-0.2, -0.15) is 4.98 Å². The van der Waals surface area contributed by atoms with Gasteiger partial charge < -0.3 is 15.5 Å². The second-order valence-electron chi connectivity index (χ2n) is 5.24. The predicted octanol–water partition coefficient (Wildman–Crippen LogP) is 2.18. The van der Waals surface area contributed by atoms with Gasteiger partial charge in [0.1, 0.15) is 5.69 Å². The Morgan fingerprint density at radius 3 is 2.50 bits per heavy atom. The topological polar surface area (TPSA) is 71.2 Å². The molecule has 0 saturated carbocycles. The van der Waals surface area contributed by atoms with E-state index in [9.17, 15) is 0 Å². The Bertz CT molecular complexity index is 685. The second-order valence-corrected chi connectivity index (χ2v) is 6.02. The molecule has 0 amide bonds. The van der Waals surface area contributed by atoms with Crippen LogP contribution in [0.2, 0.25) is 10.0 Å². The molecule has 0 unspecified atom stereocenters. The Labute approximate surface area is 138 Å². The first-order chi connectivity index (χ1) is 10.6. The third kappa shape index (κ3) is 2.95. The molecule has 3 rings (SSSR count). The maximum absolute atomic E-state index is 6.21. The lowest BCUT2D eigenvalue weighted by Gasteiger charge is -2.32. The Morgan fingerprint density at radius 2 is 1.82 bits per heavy atom. The molecule has 0 spiro atoms. The van der Waals surface area contributed by atoms with Gasteiger partial charge in [0.05, 0.1) is 10.0 Å². The first-order valence-corrected chi connectivity index (χ1v) is 7.70. The van der Waals surface area contributed by atoms with Gasteiger partial charge in [0.2, 0.25) is 5.95 Å². The number of likely N-dealkylation sites (N-methyl/N-ethyl adjacent to an activating group) is 1. The number of nitrogens with zero attached hydrogens (tertiary/aromatic N) is 5. The molecule has 1 aliphatic heterocycles. The zero-order chi connectivity index (χ0) is 15.7. The molecule has 0 radical (unpaired) electrons. The van der Waals surface area contributed by atoms with E-state index >= 15 is 0 Å². The predicted molar refractivity (Wildman–Crippen MR) is 89.4 cm³/mol. The van der Waals surface area contributed by atoms with Gasteiger partial charge in [-0.3, -0.25) is 0 Å². The number of hydrogen-bond acceptors (Lipinski definition) is 6. The van der Waals surface area contributed by atoms with E-state index in [0.717, 1.165) is 26.2 Å². The van der Waals surface area contributed by atoms with Crippen molar-refractivity contribution in [3.05, 3.63) is 28.2 Å². The van der Waals surface area contributed by atoms with E-state index in [1.165, 1.54) is 0 Å². The summed E-state index contributed by atoms with van der Waals surface area (Å²) in [6.07, 6.45) is 0. The molecule has 0 atom stereocenters. The van der Waals surface area contributed by atoms with Crippen LogP contribution in [0.25, 0.3) is 11.3 Å². The smallest absolute Gasteiger partial charge is 0.247 e. The van der Waals surface area contributed by atoms with Crippen LogP contribution in [0.3, 0.4) is 0 Å². The fourth-order valence-electron chi connectivity index (χ4n) is 2.35. The van der Waals surface area contributed by atoms with Crippen molar-refractivity contribution >= 4 is 35.0 Å². The van der Waals surface area contributed by atoms with Gasteiger partial charge in [0.25, 0.3) is 0 Å². The highest BCUT2D eigenvalue weighted by molar-refractivity contribution is 6.43. The molecule has 6 nitrogen and oxygen atoms in total. The summed E-state index contributed by atoms with van der Waals surface area (Å²) in [6, 6.07) is 5.30. The molecule has 1 fully saturated rings. The van der Waals surface area contributed by atoms with Crippen molar-refractivity contribution in [1.82, 2.24) is 20.1 Å². The van der Waals surface area contributed by atoms with Crippen molar-refractivity contribution in [3.8, 4) is 11.3 Å². The highest BCUT2D eigenvalue weighted by atomic mass is 35.5. The minimum atomic E-state index is 0.299. The Balaban J connectivity index is 1.91. The van der Waals surface area contributed by atoms with Gasteiger partial charge in [0, 0.05) is 31.7 Å². The normalized spacial score (nSPS) is 16.0. The van der Waals surface area contributed by atoms with Crippen molar-refractivity contribution in [2.75, 3.05) is 43.9 Å². The van der Waals surface area contributed by atoms with E-state index < -0.39 is 0 Å². The third-order valence-electron chi connectivity index (χ3n) is 3.70. The second kappa shape index (κ2) is 6.24. The van der Waals surface area contributed by atoms with Crippen LogP contribution in [0.4, 0.5) is 11.8 Å². The number of aromatic nitrogens is 3. The van der Waals surface area contributed by atoms with E-state index in [4.69, 9.17) is 28.9 Å². The van der Waals surface area contributed by atoms with Gasteiger partial charge in [0.15, 0.2) is 5.82 Å². The average Bonchev–Trinajstić information content (AvgIpc) is 2.51. The average molecular weight is 339 g/mol. The number of anilines is 2. The van der Waals surface area contributed by atoms with Gasteiger partial charge in [-0.15, -0.1) is 10.2 Å². The molecule has 2 N–H and O–H groups in total. The first-order valence-electron chi connectivity index (χ1n) is 6.94. The van der Waals surface area contributed by atoms with Crippen LogP contribution in [0.5, 0.6) is 0 Å². The lowest BCUT2D eigenvalue weighted by molar-refractivity contribution is 0.311. The fraction of sp³-hybridized carbons (Fsp3) is 0.357. The highest BCUT2D eigenvalue weighted by Gasteiger charge is 2.19. The number of benzene rings is 1. The lowest BCUT2D eigenvalue weighted by Crippen LogP contribution is -2.45. The molecule has 2 aromatic rings. The number of piperazine rings is 1. The van der Waals surface area contributed by atoms with E-state index in [2.05, 4.69) is 32.0 Å². The molecular formula is C14H16Cl2N6. The van der Waals surface area contributed by atoms with E-state index in [0.29, 0.717) is 33.1 Å². The number of nitrogens with two attached hydrogens (primary N) is 1. The molecule has 0 aliphatic carbocycles. The van der Waals surface area contributed by atoms with Crippen molar-refractivity contribution in [2.45, 2.75) is 0 Å². The van der Waals surface area contributed by atoms with Crippen molar-refractivity contribution in [3.63, 3.8) is 0 Å². The van der Waals surface area contributed by atoms with Gasteiger partial charge >= 0.3 is 0 Å². The largest absolute Gasteiger partial charge is 0.382 e. The molecule has 116 valence electrons. The van der Waals surface area contributed by atoms with Crippen molar-refractivity contribution in [2.24, 2.45) is 0 Å². The van der Waals surface area contributed by atoms with Crippen LogP contribution >= 0.6 is 23.2 Å². The number of nitrogen functional groups attached to an aromatic ring is 1. The fourth-order valence-corrected chi connectivity index (χ4v) is 2.74. The molecule has 8 heteroatoms. The van der Waals surface area contributed by atoms with E-state index in [-0.39, 0.29) is 0 Å². The Hall–Kier alpha value is -1.63. The lowest BCUT2D eigenvalue weighted by atomic mass is 10.1. The van der Waals surface area contributed by atoms with E-state index in [1.807, 2.05) is 0 Å². The summed E-state index contributed by atoms with van der Waals surface area (Å²) in [5, 5.41) is 9.26. The molecule has 2 heterocycles. The zero-order valence-corrected chi connectivity index (χ0v) is 13.6. The van der Waals surface area contributed by atoms with Crippen LogP contribution in [0.15, 0.2) is 18.2 Å². The zero-order valence-electron chi connectivity index (χ0n) is 12.1. The van der Waals surface area contributed by atoms with Crippen LogP contribution in [0.1, 0.15) is 0 Å². The highest BCUT2D eigenvalue weighted by Crippen LogP contribution is 2.34. The Kier molecular flexibility index (Phi) is 4.33. The molecule has 0 bridgehead atoms. The molecule has 1 saturated heterocycles. The number of hydrogen-bond donors (Lipinski definition) is 1. The molecule has 1 aromatic carbocycles. The minimum Gasteiger partial charge on any atom is -0.382 e. The molecule has 1 aromatic heterocycles. The van der Waals surface area contributed by atoms with Gasteiger partial charge in [-0.05, 0) is 13.1 Å². The summed E-state index contributed by atoms with van der Waals surface area (Å²) in [5.41, 5.74) is 7.14. The quantitative estimate of drug-likeness (QED) is 0.904. The molecular weight excluding hydrogens is 323 g/mol. The summed E-state index contributed by atoms with van der Waals surface area (Å²) in [5.74, 6) is 0.848. The summed E-state index contributed by atoms with van der Waals surface area (Å²) in [7, 11) is 2.09. The minimum absolute atomic E-state index is 0.299. The molecule has 1 aliphatic rings. The van der Waals surface area contributed by atoms with Crippen LogP contribution in [0, 0.1) is 0 Å². The van der Waals surface area contributed by atoms with Crippen molar-refractivity contribution < 1.29 is 0 Å². The maximum atomic E-state index is 6.21. The first kappa shape index (κ1) is 15.3. The summed E-state index contributed by atoms with van der Waals surface area (Å²) >= 11 is 12.2.